The summed E-state index contributed by atoms with van der Waals surface area (Å²) in [7, 11) is 0. The summed E-state index contributed by atoms with van der Waals surface area (Å²) in [4.78, 5) is 4.43. The number of nitrogens with zero attached hydrogens (tertiary/aromatic N) is 2. The summed E-state index contributed by atoms with van der Waals surface area (Å²) < 4.78 is 21.2. The Balaban J connectivity index is 1.65. The zero-order valence-corrected chi connectivity index (χ0v) is 10.2. The van der Waals surface area contributed by atoms with Gasteiger partial charge in [0, 0.05) is 18.1 Å². The first kappa shape index (κ1) is 10.8. The van der Waals surface area contributed by atoms with Crippen molar-refractivity contribution in [3.05, 3.63) is 24.0 Å². The molecule has 1 fully saturated rings. The highest BCUT2D eigenvalue weighted by Gasteiger charge is 2.24. The zero-order valence-electron chi connectivity index (χ0n) is 10.2. The van der Waals surface area contributed by atoms with Crippen molar-refractivity contribution >= 4 is 0 Å². The third-order valence-corrected chi connectivity index (χ3v) is 3.36. The molecule has 19 heavy (non-hydrogen) atoms. The van der Waals surface area contributed by atoms with Crippen LogP contribution in [0.2, 0.25) is 0 Å². The van der Waals surface area contributed by atoms with Gasteiger partial charge in [0.05, 0.1) is 6.61 Å². The largest absolute Gasteiger partial charge is 0.454 e. The smallest absolute Gasteiger partial charge is 0.258 e. The second kappa shape index (κ2) is 4.24. The van der Waals surface area contributed by atoms with Crippen molar-refractivity contribution in [1.29, 1.82) is 0 Å². The minimum atomic E-state index is 0.242. The van der Waals surface area contributed by atoms with Gasteiger partial charge in [-0.2, -0.15) is 4.98 Å². The predicted octanol–water partition coefficient (Wildman–Crippen LogP) is 1.97. The van der Waals surface area contributed by atoms with E-state index in [2.05, 4.69) is 10.1 Å². The van der Waals surface area contributed by atoms with Crippen LogP contribution in [-0.2, 0) is 4.74 Å². The molecule has 0 radical (unpaired) electrons. The molecule has 0 aliphatic carbocycles. The van der Waals surface area contributed by atoms with E-state index in [0.717, 1.165) is 24.3 Å². The molecule has 1 aromatic carbocycles. The molecular formula is C13H12N2O4. The molecule has 98 valence electrons. The van der Waals surface area contributed by atoms with Crippen molar-refractivity contribution in [3.8, 4) is 23.0 Å². The molecule has 6 nitrogen and oxygen atoms in total. The molecule has 2 aliphatic rings. The number of hydrogen-bond donors (Lipinski definition) is 0. The van der Waals surface area contributed by atoms with E-state index in [4.69, 9.17) is 18.7 Å². The number of benzene rings is 1. The molecule has 4 rings (SSSR count). The van der Waals surface area contributed by atoms with E-state index < -0.39 is 0 Å². The summed E-state index contributed by atoms with van der Waals surface area (Å²) in [5, 5.41) is 4.03. The molecule has 0 bridgehead atoms. The van der Waals surface area contributed by atoms with Gasteiger partial charge in [-0.15, -0.1) is 0 Å². The Bertz CT molecular complexity index is 604. The Kier molecular flexibility index (Phi) is 2.41. The van der Waals surface area contributed by atoms with E-state index in [-0.39, 0.29) is 12.7 Å². The molecule has 1 aromatic heterocycles. The first-order chi connectivity index (χ1) is 9.40. The minimum Gasteiger partial charge on any atom is -0.454 e. The van der Waals surface area contributed by atoms with E-state index in [1.165, 1.54) is 0 Å². The topological polar surface area (TPSA) is 66.6 Å². The molecule has 0 saturated carbocycles. The Hall–Kier alpha value is -2.08. The van der Waals surface area contributed by atoms with Crippen LogP contribution in [0.25, 0.3) is 11.5 Å². The number of aromatic nitrogens is 2. The van der Waals surface area contributed by atoms with Crippen LogP contribution < -0.4 is 9.47 Å². The van der Waals surface area contributed by atoms with Crippen LogP contribution in [0.5, 0.6) is 11.5 Å². The van der Waals surface area contributed by atoms with E-state index in [0.29, 0.717) is 24.1 Å². The maximum atomic E-state index is 5.34. The molecule has 0 N–H and O–H groups in total. The van der Waals surface area contributed by atoms with Gasteiger partial charge >= 0.3 is 0 Å². The van der Waals surface area contributed by atoms with Crippen molar-refractivity contribution in [2.75, 3.05) is 20.0 Å². The quantitative estimate of drug-likeness (QED) is 0.822. The van der Waals surface area contributed by atoms with Crippen LogP contribution in [0.1, 0.15) is 18.2 Å². The summed E-state index contributed by atoms with van der Waals surface area (Å²) >= 11 is 0. The lowest BCUT2D eigenvalue weighted by Gasteiger charge is -1.98. The minimum absolute atomic E-state index is 0.242. The summed E-state index contributed by atoms with van der Waals surface area (Å²) in [6, 6.07) is 5.58. The van der Waals surface area contributed by atoms with Gasteiger partial charge in [0.15, 0.2) is 17.3 Å². The van der Waals surface area contributed by atoms with Gasteiger partial charge in [-0.3, -0.25) is 0 Å². The van der Waals surface area contributed by atoms with Gasteiger partial charge in [-0.1, -0.05) is 5.16 Å². The fourth-order valence-electron chi connectivity index (χ4n) is 2.29. The molecule has 2 aromatic rings. The van der Waals surface area contributed by atoms with E-state index in [1.807, 2.05) is 18.2 Å². The summed E-state index contributed by atoms with van der Waals surface area (Å²) in [5.74, 6) is 2.91. The molecule has 0 amide bonds. The molecule has 3 heterocycles. The van der Waals surface area contributed by atoms with Crippen molar-refractivity contribution in [2.24, 2.45) is 0 Å². The highest BCUT2D eigenvalue weighted by atomic mass is 16.7. The third kappa shape index (κ3) is 1.84. The maximum Gasteiger partial charge on any atom is 0.258 e. The number of ether oxygens (including phenoxy) is 3. The molecule has 6 heteroatoms. The zero-order chi connectivity index (χ0) is 12.7. The van der Waals surface area contributed by atoms with Crippen LogP contribution in [-0.4, -0.2) is 30.1 Å². The first-order valence-corrected chi connectivity index (χ1v) is 6.21. The predicted molar refractivity (Wildman–Crippen MR) is 64.0 cm³/mol. The Morgan fingerprint density at radius 1 is 1.16 bits per heavy atom. The highest BCUT2D eigenvalue weighted by Crippen LogP contribution is 2.35. The monoisotopic (exact) mass is 260 g/mol. The molecular weight excluding hydrogens is 248 g/mol. The SMILES string of the molecule is c1cc2c(cc1-c1nc([C@H]3CCOC3)no1)OCO2. The lowest BCUT2D eigenvalue weighted by Crippen LogP contribution is -1.99. The average molecular weight is 260 g/mol. The second-order valence-electron chi connectivity index (χ2n) is 4.59. The fraction of sp³-hybridized carbons (Fsp3) is 0.385. The summed E-state index contributed by atoms with van der Waals surface area (Å²) in [6.45, 7) is 1.69. The van der Waals surface area contributed by atoms with Gasteiger partial charge in [0.1, 0.15) is 0 Å². The average Bonchev–Trinajstić information content (AvgIpc) is 3.18. The Labute approximate surface area is 109 Å². The second-order valence-corrected chi connectivity index (χ2v) is 4.59. The summed E-state index contributed by atoms with van der Waals surface area (Å²) in [5.41, 5.74) is 0.835. The van der Waals surface area contributed by atoms with Gasteiger partial charge in [-0.25, -0.2) is 0 Å². The third-order valence-electron chi connectivity index (χ3n) is 3.36. The van der Waals surface area contributed by atoms with Gasteiger partial charge in [0.2, 0.25) is 6.79 Å². The van der Waals surface area contributed by atoms with Crippen molar-refractivity contribution < 1.29 is 18.7 Å². The van der Waals surface area contributed by atoms with Crippen LogP contribution in [0.3, 0.4) is 0 Å². The number of hydrogen-bond acceptors (Lipinski definition) is 6. The molecule has 1 saturated heterocycles. The van der Waals surface area contributed by atoms with Crippen LogP contribution in [0.4, 0.5) is 0 Å². The van der Waals surface area contributed by atoms with Crippen LogP contribution in [0, 0.1) is 0 Å². The Morgan fingerprint density at radius 2 is 2.11 bits per heavy atom. The number of rotatable bonds is 2. The van der Waals surface area contributed by atoms with Gasteiger partial charge in [0.25, 0.3) is 5.89 Å². The molecule has 0 spiro atoms. The standard InChI is InChI=1S/C13H12N2O4/c1-2-10-11(18-7-17-10)5-8(1)13-14-12(15-19-13)9-3-4-16-6-9/h1-2,5,9H,3-4,6-7H2/t9-/m0/s1. The first-order valence-electron chi connectivity index (χ1n) is 6.21. The van der Waals surface area contributed by atoms with E-state index in [9.17, 15) is 0 Å². The summed E-state index contributed by atoms with van der Waals surface area (Å²) in [6.07, 6.45) is 0.945. The van der Waals surface area contributed by atoms with E-state index >= 15 is 0 Å². The van der Waals surface area contributed by atoms with Crippen LogP contribution in [0.15, 0.2) is 22.7 Å². The fourth-order valence-corrected chi connectivity index (χ4v) is 2.29. The normalized spacial score (nSPS) is 20.9. The number of fused-ring (bicyclic) bond motifs is 1. The van der Waals surface area contributed by atoms with Crippen LogP contribution >= 0.6 is 0 Å². The highest BCUT2D eigenvalue weighted by molar-refractivity contribution is 5.60. The molecule has 0 unspecified atom stereocenters. The van der Waals surface area contributed by atoms with Crippen molar-refractivity contribution in [2.45, 2.75) is 12.3 Å². The van der Waals surface area contributed by atoms with Gasteiger partial charge < -0.3 is 18.7 Å². The van der Waals surface area contributed by atoms with Crippen molar-refractivity contribution in [1.82, 2.24) is 10.1 Å². The maximum absolute atomic E-state index is 5.34. The van der Waals surface area contributed by atoms with Crippen molar-refractivity contribution in [3.63, 3.8) is 0 Å². The van der Waals surface area contributed by atoms with Gasteiger partial charge in [-0.05, 0) is 24.6 Å². The Morgan fingerprint density at radius 3 is 3.00 bits per heavy atom. The molecule has 1 atom stereocenters. The lowest BCUT2D eigenvalue weighted by molar-refractivity contribution is 0.174. The molecule has 2 aliphatic heterocycles. The van der Waals surface area contributed by atoms with E-state index in [1.54, 1.807) is 0 Å². The lowest BCUT2D eigenvalue weighted by atomic mass is 10.1.